The number of hydrogen-bond acceptors (Lipinski definition) is 2. The van der Waals surface area contributed by atoms with E-state index in [0.29, 0.717) is 22.1 Å². The fourth-order valence-corrected chi connectivity index (χ4v) is 2.80. The fourth-order valence-electron chi connectivity index (χ4n) is 2.62. The van der Waals surface area contributed by atoms with Gasteiger partial charge in [-0.05, 0) is 30.3 Å². The van der Waals surface area contributed by atoms with Crippen LogP contribution in [0.2, 0.25) is 5.02 Å². The molecule has 0 aliphatic carbocycles. The molecule has 0 saturated carbocycles. The summed E-state index contributed by atoms with van der Waals surface area (Å²) in [5.41, 5.74) is 3.37. The second-order valence-electron chi connectivity index (χ2n) is 5.29. The summed E-state index contributed by atoms with van der Waals surface area (Å²) in [5.74, 6) is 0.320. The zero-order valence-electron chi connectivity index (χ0n) is 12.2. The van der Waals surface area contributed by atoms with Gasteiger partial charge in [0, 0.05) is 23.8 Å². The molecule has 0 bridgehead atoms. The van der Waals surface area contributed by atoms with Crippen molar-refractivity contribution in [3.05, 3.63) is 59.5 Å². The average Bonchev–Trinajstić information content (AvgIpc) is 3.10. The molecule has 2 aromatic heterocycles. The predicted octanol–water partition coefficient (Wildman–Crippen LogP) is 4.42. The molecule has 0 saturated heterocycles. The molecule has 6 heteroatoms. The highest BCUT2D eigenvalue weighted by Crippen LogP contribution is 2.32. The summed E-state index contributed by atoms with van der Waals surface area (Å²) in [6, 6.07) is 12.0. The SMILES string of the molecule is Cn1cc(-c2nc3ccc(Cl)cc3[nH]2)c(-c2ccccc2F)n1. The lowest BCUT2D eigenvalue weighted by Gasteiger charge is -2.01. The lowest BCUT2D eigenvalue weighted by molar-refractivity contribution is 0.630. The van der Waals surface area contributed by atoms with Crippen molar-refractivity contribution in [1.82, 2.24) is 19.7 Å². The largest absolute Gasteiger partial charge is 0.338 e. The topological polar surface area (TPSA) is 46.5 Å². The Balaban J connectivity index is 1.93. The Morgan fingerprint density at radius 2 is 1.96 bits per heavy atom. The van der Waals surface area contributed by atoms with Gasteiger partial charge in [0.05, 0.1) is 16.6 Å². The second-order valence-corrected chi connectivity index (χ2v) is 5.73. The standard InChI is InChI=1S/C17H12ClFN4/c1-23-9-12(16(22-23)11-4-2-3-5-13(11)19)17-20-14-7-6-10(18)8-15(14)21-17/h2-9H,1H3,(H,20,21). The molecule has 0 radical (unpaired) electrons. The van der Waals surface area contributed by atoms with Gasteiger partial charge in [0.25, 0.3) is 0 Å². The summed E-state index contributed by atoms with van der Waals surface area (Å²) in [7, 11) is 1.80. The fraction of sp³-hybridized carbons (Fsp3) is 0.0588. The van der Waals surface area contributed by atoms with Crippen molar-refractivity contribution in [2.24, 2.45) is 7.05 Å². The van der Waals surface area contributed by atoms with Crippen LogP contribution in [0.3, 0.4) is 0 Å². The van der Waals surface area contributed by atoms with Crippen LogP contribution in [-0.4, -0.2) is 19.7 Å². The van der Waals surface area contributed by atoms with Gasteiger partial charge in [-0.1, -0.05) is 23.7 Å². The number of H-pyrrole nitrogens is 1. The second kappa shape index (κ2) is 5.21. The quantitative estimate of drug-likeness (QED) is 0.592. The zero-order valence-corrected chi connectivity index (χ0v) is 13.0. The molecule has 0 amide bonds. The Labute approximate surface area is 136 Å². The number of benzene rings is 2. The van der Waals surface area contributed by atoms with E-state index in [1.807, 2.05) is 18.3 Å². The highest BCUT2D eigenvalue weighted by Gasteiger charge is 2.18. The molecule has 0 unspecified atom stereocenters. The van der Waals surface area contributed by atoms with Crippen LogP contribution in [0.15, 0.2) is 48.7 Å². The van der Waals surface area contributed by atoms with Gasteiger partial charge < -0.3 is 4.98 Å². The van der Waals surface area contributed by atoms with E-state index in [1.165, 1.54) is 6.07 Å². The number of fused-ring (bicyclic) bond motifs is 1. The molecule has 0 spiro atoms. The summed E-state index contributed by atoms with van der Waals surface area (Å²) in [5, 5.41) is 5.03. The molecule has 4 nitrogen and oxygen atoms in total. The van der Waals surface area contributed by atoms with E-state index >= 15 is 0 Å². The first kappa shape index (κ1) is 14.0. The predicted molar refractivity (Wildman–Crippen MR) is 88.7 cm³/mol. The molecule has 114 valence electrons. The molecule has 0 aliphatic rings. The third-order valence-electron chi connectivity index (χ3n) is 3.66. The lowest BCUT2D eigenvalue weighted by atomic mass is 10.1. The van der Waals surface area contributed by atoms with E-state index in [2.05, 4.69) is 15.1 Å². The van der Waals surface area contributed by atoms with Gasteiger partial charge >= 0.3 is 0 Å². The van der Waals surface area contributed by atoms with E-state index in [0.717, 1.165) is 16.6 Å². The van der Waals surface area contributed by atoms with E-state index < -0.39 is 0 Å². The van der Waals surface area contributed by atoms with E-state index in [-0.39, 0.29) is 5.82 Å². The third-order valence-corrected chi connectivity index (χ3v) is 3.89. The van der Waals surface area contributed by atoms with Gasteiger partial charge in [0.15, 0.2) is 0 Å². The maximum absolute atomic E-state index is 14.1. The molecule has 0 aliphatic heterocycles. The molecule has 4 rings (SSSR count). The van der Waals surface area contributed by atoms with Crippen molar-refractivity contribution < 1.29 is 4.39 Å². The van der Waals surface area contributed by atoms with Gasteiger partial charge in [-0.15, -0.1) is 0 Å². The van der Waals surface area contributed by atoms with Gasteiger partial charge in [-0.25, -0.2) is 9.37 Å². The number of aryl methyl sites for hydroxylation is 1. The smallest absolute Gasteiger partial charge is 0.142 e. The highest BCUT2D eigenvalue weighted by atomic mass is 35.5. The zero-order chi connectivity index (χ0) is 16.0. The first-order valence-electron chi connectivity index (χ1n) is 7.06. The van der Waals surface area contributed by atoms with Crippen LogP contribution in [0.1, 0.15) is 0 Å². The Bertz CT molecular complexity index is 1020. The van der Waals surface area contributed by atoms with Crippen LogP contribution in [0.5, 0.6) is 0 Å². The molecule has 2 aromatic carbocycles. The number of aromatic nitrogens is 4. The average molecular weight is 327 g/mol. The first-order chi connectivity index (χ1) is 11.1. The Kier molecular flexibility index (Phi) is 3.16. The number of nitrogens with zero attached hydrogens (tertiary/aromatic N) is 3. The number of rotatable bonds is 2. The van der Waals surface area contributed by atoms with Crippen LogP contribution in [-0.2, 0) is 7.05 Å². The van der Waals surface area contributed by atoms with Crippen molar-refractivity contribution in [3.8, 4) is 22.6 Å². The van der Waals surface area contributed by atoms with Crippen LogP contribution in [0, 0.1) is 5.82 Å². The number of nitrogens with one attached hydrogen (secondary N) is 1. The van der Waals surface area contributed by atoms with Gasteiger partial charge in [-0.3, -0.25) is 4.68 Å². The minimum atomic E-state index is -0.313. The number of aromatic amines is 1. The summed E-state index contributed by atoms with van der Waals surface area (Å²) < 4.78 is 15.8. The highest BCUT2D eigenvalue weighted by molar-refractivity contribution is 6.31. The summed E-state index contributed by atoms with van der Waals surface area (Å²) in [4.78, 5) is 7.79. The normalized spacial score (nSPS) is 11.3. The number of halogens is 2. The van der Waals surface area contributed by atoms with Crippen molar-refractivity contribution >= 4 is 22.6 Å². The lowest BCUT2D eigenvalue weighted by Crippen LogP contribution is -1.90. The summed E-state index contributed by atoms with van der Waals surface area (Å²) in [6.07, 6.45) is 1.82. The van der Waals surface area contributed by atoms with Crippen LogP contribution in [0.4, 0.5) is 4.39 Å². The third kappa shape index (κ3) is 2.39. The van der Waals surface area contributed by atoms with Crippen LogP contribution < -0.4 is 0 Å². The van der Waals surface area contributed by atoms with E-state index in [4.69, 9.17) is 11.6 Å². The maximum Gasteiger partial charge on any atom is 0.142 e. The molecular formula is C17H12ClFN4. The molecular weight excluding hydrogens is 315 g/mol. The monoisotopic (exact) mass is 326 g/mol. The number of imidazole rings is 1. The van der Waals surface area contributed by atoms with Crippen molar-refractivity contribution in [2.45, 2.75) is 0 Å². The Morgan fingerprint density at radius 3 is 2.78 bits per heavy atom. The molecule has 0 fully saturated rings. The Morgan fingerprint density at radius 1 is 1.13 bits per heavy atom. The summed E-state index contributed by atoms with van der Waals surface area (Å²) in [6.45, 7) is 0. The van der Waals surface area contributed by atoms with E-state index in [1.54, 1.807) is 36.0 Å². The number of hydrogen-bond donors (Lipinski definition) is 1. The molecule has 23 heavy (non-hydrogen) atoms. The summed E-state index contributed by atoms with van der Waals surface area (Å²) >= 11 is 6.01. The van der Waals surface area contributed by atoms with Crippen molar-refractivity contribution in [2.75, 3.05) is 0 Å². The van der Waals surface area contributed by atoms with E-state index in [9.17, 15) is 4.39 Å². The molecule has 2 heterocycles. The van der Waals surface area contributed by atoms with Gasteiger partial charge in [-0.2, -0.15) is 5.10 Å². The van der Waals surface area contributed by atoms with Crippen LogP contribution >= 0.6 is 11.6 Å². The van der Waals surface area contributed by atoms with Gasteiger partial charge in [0.2, 0.25) is 0 Å². The Hall–Kier alpha value is -2.66. The van der Waals surface area contributed by atoms with Crippen LogP contribution in [0.25, 0.3) is 33.7 Å². The minimum absolute atomic E-state index is 0.313. The molecule has 0 atom stereocenters. The molecule has 1 N–H and O–H groups in total. The van der Waals surface area contributed by atoms with Crippen molar-refractivity contribution in [1.29, 1.82) is 0 Å². The maximum atomic E-state index is 14.1. The molecule has 4 aromatic rings. The van der Waals surface area contributed by atoms with Gasteiger partial charge in [0.1, 0.15) is 17.3 Å². The first-order valence-corrected chi connectivity index (χ1v) is 7.44. The van der Waals surface area contributed by atoms with Crippen molar-refractivity contribution in [3.63, 3.8) is 0 Å². The minimum Gasteiger partial charge on any atom is -0.338 e.